The Morgan fingerprint density at radius 1 is 0.518 bits per heavy atom. The van der Waals surface area contributed by atoms with Gasteiger partial charge in [0.2, 0.25) is 0 Å². The number of fused-ring (bicyclic) bond motifs is 4. The Morgan fingerprint density at radius 3 is 1.82 bits per heavy atom. The fourth-order valence-corrected chi connectivity index (χ4v) is 5.85. The first kappa shape index (κ1) is 42.7. The van der Waals surface area contributed by atoms with E-state index in [2.05, 4.69) is 98.7 Å². The molecule has 0 unspecified atom stereocenters. The molecule has 0 bridgehead atoms. The van der Waals surface area contributed by atoms with Crippen molar-refractivity contribution in [2.24, 2.45) is 5.92 Å². The van der Waals surface area contributed by atoms with E-state index in [1.54, 1.807) is 6.07 Å². The van der Waals surface area contributed by atoms with Gasteiger partial charge < -0.3 is 11.5 Å². The van der Waals surface area contributed by atoms with Gasteiger partial charge in [-0.15, -0.1) is 0 Å². The number of nitrogen functional groups attached to an aromatic ring is 2. The number of benzene rings is 4. The van der Waals surface area contributed by atoms with E-state index in [9.17, 15) is 8.78 Å². The smallest absolute Gasteiger partial charge is 0.149 e. The van der Waals surface area contributed by atoms with Gasteiger partial charge >= 0.3 is 0 Å². The van der Waals surface area contributed by atoms with Crippen LogP contribution in [0, 0.1) is 31.4 Å². The summed E-state index contributed by atoms with van der Waals surface area (Å²) in [7, 11) is 0. The number of hydrogen-bond donors (Lipinski definition) is 2. The fraction of sp³-hybridized carbons (Fsp3) is 0.250. The highest BCUT2D eigenvalue weighted by Gasteiger charge is 2.12. The number of rotatable bonds is 2. The van der Waals surface area contributed by atoms with E-state index >= 15 is 0 Å². The lowest BCUT2D eigenvalue weighted by Gasteiger charge is -2.11. The highest BCUT2D eigenvalue weighted by molar-refractivity contribution is 5.94. The molecule has 0 atom stereocenters. The zero-order chi connectivity index (χ0) is 40.9. The predicted molar refractivity (Wildman–Crippen MR) is 234 cm³/mol. The lowest BCUT2D eigenvalue weighted by Crippen LogP contribution is -1.97. The van der Waals surface area contributed by atoms with E-state index in [0.717, 1.165) is 17.0 Å². The van der Waals surface area contributed by atoms with Crippen molar-refractivity contribution in [3.63, 3.8) is 0 Å². The number of hydrogen-bond acceptors (Lipinski definition) is 6. The predicted octanol–water partition coefficient (Wildman–Crippen LogP) is 12.9. The second kappa shape index (κ2) is 20.1. The molecular formula is C48H54F2N6. The second-order valence-corrected chi connectivity index (χ2v) is 15.0. The summed E-state index contributed by atoms with van der Waals surface area (Å²) in [4.78, 5) is 15.7. The van der Waals surface area contributed by atoms with Gasteiger partial charge in [0.05, 0.1) is 12.4 Å². The Labute approximate surface area is 330 Å². The minimum Gasteiger partial charge on any atom is -0.383 e. The minimum absolute atomic E-state index is 0.269. The van der Waals surface area contributed by atoms with Gasteiger partial charge in [-0.05, 0) is 76.6 Å². The molecule has 4 aromatic carbocycles. The molecule has 6 nitrogen and oxygen atoms in total. The summed E-state index contributed by atoms with van der Waals surface area (Å²) >= 11 is 0. The van der Waals surface area contributed by atoms with Crippen LogP contribution in [0.2, 0.25) is 0 Å². The van der Waals surface area contributed by atoms with E-state index in [1.165, 1.54) is 45.1 Å². The lowest BCUT2D eigenvalue weighted by molar-refractivity contribution is 0.632. The molecule has 4 N–H and O–H groups in total. The summed E-state index contributed by atoms with van der Waals surface area (Å²) in [6, 6.07) is 27.9. The van der Waals surface area contributed by atoms with Crippen molar-refractivity contribution < 1.29 is 8.78 Å². The van der Waals surface area contributed by atoms with Crippen LogP contribution in [-0.2, 0) is 0 Å². The first-order chi connectivity index (χ1) is 26.7. The van der Waals surface area contributed by atoms with E-state index in [4.69, 9.17) is 11.5 Å². The summed E-state index contributed by atoms with van der Waals surface area (Å²) in [6.07, 6.45) is 9.84. The van der Waals surface area contributed by atoms with Gasteiger partial charge in [-0.2, -0.15) is 0 Å². The quantitative estimate of drug-likeness (QED) is 0.182. The maximum Gasteiger partial charge on any atom is 0.149 e. The van der Waals surface area contributed by atoms with Crippen LogP contribution in [0.5, 0.6) is 0 Å². The highest BCUT2D eigenvalue weighted by Crippen LogP contribution is 2.30. The van der Waals surface area contributed by atoms with Crippen LogP contribution in [0.4, 0.5) is 20.4 Å². The third-order valence-electron chi connectivity index (χ3n) is 8.78. The average molecular weight is 753 g/mol. The van der Waals surface area contributed by atoms with Crippen LogP contribution in [0.3, 0.4) is 0 Å². The zero-order valence-corrected chi connectivity index (χ0v) is 34.0. The van der Waals surface area contributed by atoms with E-state index in [1.807, 2.05) is 87.2 Å². The van der Waals surface area contributed by atoms with E-state index in [0.29, 0.717) is 39.1 Å². The molecule has 4 aromatic heterocycles. The molecule has 56 heavy (non-hydrogen) atoms. The molecule has 8 aromatic rings. The topological polar surface area (TPSA) is 104 Å². The normalized spacial score (nSPS) is 10.7. The van der Waals surface area contributed by atoms with Gasteiger partial charge in [-0.1, -0.05) is 127 Å². The van der Waals surface area contributed by atoms with Crippen LogP contribution < -0.4 is 11.5 Å². The Balaban J connectivity index is 0.000000162. The van der Waals surface area contributed by atoms with E-state index in [-0.39, 0.29) is 17.6 Å². The lowest BCUT2D eigenvalue weighted by atomic mass is 9.96. The molecule has 0 aliphatic carbocycles. The van der Waals surface area contributed by atoms with Crippen molar-refractivity contribution in [2.45, 2.75) is 74.1 Å². The zero-order valence-electron chi connectivity index (χ0n) is 34.0. The second-order valence-electron chi connectivity index (χ2n) is 15.0. The summed E-state index contributed by atoms with van der Waals surface area (Å²) in [5.74, 6) is 1.62. The third kappa shape index (κ3) is 11.5. The van der Waals surface area contributed by atoms with Gasteiger partial charge in [-0.25, -0.2) is 18.7 Å². The number of pyridine rings is 4. The molecule has 8 rings (SSSR count). The molecule has 0 amide bonds. The first-order valence-electron chi connectivity index (χ1n) is 18.9. The molecular weight excluding hydrogens is 699 g/mol. The summed E-state index contributed by atoms with van der Waals surface area (Å²) in [5.41, 5.74) is 16.0. The maximum atomic E-state index is 13.7. The molecule has 8 heteroatoms. The van der Waals surface area contributed by atoms with Crippen molar-refractivity contribution in [2.75, 3.05) is 11.5 Å². The summed E-state index contributed by atoms with van der Waals surface area (Å²) < 4.78 is 27.2. The molecule has 0 saturated heterocycles. The Hall–Kier alpha value is -6.02. The van der Waals surface area contributed by atoms with Crippen molar-refractivity contribution in [3.05, 3.63) is 156 Å². The Kier molecular flexibility index (Phi) is 15.3. The summed E-state index contributed by atoms with van der Waals surface area (Å²) in [5, 5.41) is 7.50. The van der Waals surface area contributed by atoms with Gasteiger partial charge in [0, 0.05) is 51.7 Å². The number of nitrogens with zero attached hydrogens (tertiary/aromatic N) is 4. The molecule has 0 fully saturated rings. The van der Waals surface area contributed by atoms with Crippen LogP contribution >= 0.6 is 0 Å². The SMILES string of the molecule is CC(C)C.CC(C)c1ccc2c(N)ncc(F)c2c1.CC(C)c1cccc2c(N)ncc(F)c12.Cc1ccc2cncc(C)c2c1.c1ccc2cnccc2c1. The first-order valence-corrected chi connectivity index (χ1v) is 18.9. The number of nitrogens with two attached hydrogens (primary N) is 2. The Morgan fingerprint density at radius 2 is 1.16 bits per heavy atom. The van der Waals surface area contributed by atoms with Gasteiger partial charge in [0.15, 0.2) is 0 Å². The standard InChI is InChI=1S/2C12H13FN2.C11H11N.C9H7N.C4H10/c1-7(2)8-3-4-9-10(5-8)11(13)6-15-12(9)14;1-7(2)8-4-3-5-9-11(8)10(13)6-15-12(9)14;1-8-3-4-10-7-12-6-9(2)11(10)5-8;1-2-4-9-7-10-6-5-8(9)3-1;1-4(2)3/h2*3-7H,1-2H3,(H2,14,15);3-7H,1-2H3;1-7H;4H,1-3H3. The van der Waals surface area contributed by atoms with Crippen molar-refractivity contribution in [3.8, 4) is 0 Å². The molecule has 290 valence electrons. The monoisotopic (exact) mass is 752 g/mol. The molecule has 0 radical (unpaired) electrons. The number of aryl methyl sites for hydroxylation is 2. The molecule has 0 aliphatic rings. The number of anilines is 2. The molecule has 0 spiro atoms. The Bertz CT molecular complexity index is 2430. The molecule has 0 saturated carbocycles. The van der Waals surface area contributed by atoms with Crippen LogP contribution in [0.15, 0.2) is 122 Å². The van der Waals surface area contributed by atoms with Gasteiger partial charge in [-0.3, -0.25) is 9.97 Å². The van der Waals surface area contributed by atoms with Crippen molar-refractivity contribution >= 4 is 54.7 Å². The fourth-order valence-electron chi connectivity index (χ4n) is 5.85. The largest absolute Gasteiger partial charge is 0.383 e. The van der Waals surface area contributed by atoms with E-state index < -0.39 is 0 Å². The van der Waals surface area contributed by atoms with Gasteiger partial charge in [0.1, 0.15) is 23.3 Å². The average Bonchev–Trinajstić information content (AvgIpc) is 3.18. The van der Waals surface area contributed by atoms with Crippen LogP contribution in [0.1, 0.15) is 82.6 Å². The number of aromatic nitrogens is 4. The van der Waals surface area contributed by atoms with Crippen molar-refractivity contribution in [1.29, 1.82) is 0 Å². The van der Waals surface area contributed by atoms with Crippen LogP contribution in [0.25, 0.3) is 43.1 Å². The molecule has 0 aliphatic heterocycles. The maximum absolute atomic E-state index is 13.7. The van der Waals surface area contributed by atoms with Crippen molar-refractivity contribution in [1.82, 2.24) is 19.9 Å². The summed E-state index contributed by atoms with van der Waals surface area (Å²) in [6.45, 7) is 18.9. The minimum atomic E-state index is -0.318. The highest BCUT2D eigenvalue weighted by atomic mass is 19.1. The van der Waals surface area contributed by atoms with Crippen LogP contribution in [-0.4, -0.2) is 19.9 Å². The third-order valence-corrected chi connectivity index (χ3v) is 8.78. The molecule has 4 heterocycles. The van der Waals surface area contributed by atoms with Gasteiger partial charge in [0.25, 0.3) is 0 Å². The number of halogens is 2.